The molecule has 2 nitrogen and oxygen atoms in total. The van der Waals surface area contributed by atoms with Gasteiger partial charge in [0.05, 0.1) is 12.1 Å². The summed E-state index contributed by atoms with van der Waals surface area (Å²) in [4.78, 5) is 4.54. The molecule has 0 saturated heterocycles. The van der Waals surface area contributed by atoms with E-state index in [2.05, 4.69) is 35.3 Å². The number of fused-ring (bicyclic) bond motifs is 1. The van der Waals surface area contributed by atoms with E-state index >= 15 is 0 Å². The van der Waals surface area contributed by atoms with Gasteiger partial charge in [0.15, 0.2) is 0 Å². The lowest BCUT2D eigenvalue weighted by atomic mass is 9.83. The molecule has 1 fully saturated rings. The van der Waals surface area contributed by atoms with Crippen LogP contribution in [0.15, 0.2) is 35.9 Å². The maximum atomic E-state index is 9.71. The Bertz CT molecular complexity index is 654. The summed E-state index contributed by atoms with van der Waals surface area (Å²) in [5.41, 5.74) is 4.44. The van der Waals surface area contributed by atoms with Crippen molar-refractivity contribution in [1.29, 1.82) is 0 Å². The second kappa shape index (κ2) is 6.40. The molecule has 21 heavy (non-hydrogen) atoms. The molecule has 0 bridgehead atoms. The molecule has 0 aliphatic heterocycles. The molecule has 0 spiro atoms. The van der Waals surface area contributed by atoms with Crippen LogP contribution in [0, 0.1) is 12.8 Å². The number of benzene rings is 1. The summed E-state index contributed by atoms with van der Waals surface area (Å²) >= 11 is 0. The van der Waals surface area contributed by atoms with Crippen molar-refractivity contribution in [3.05, 3.63) is 47.2 Å². The third kappa shape index (κ3) is 3.33. The van der Waals surface area contributed by atoms with Crippen molar-refractivity contribution >= 4 is 17.0 Å². The standard InChI is InChI=1S/C19H23NO/c1-14-7-9-17-11-15(8-10-19(17)20-14)12-18(13-21)16-5-3-2-4-6-16/h7-12,16,21H,2-6,13H2,1H3/b18-12-. The van der Waals surface area contributed by atoms with Gasteiger partial charge in [0, 0.05) is 11.1 Å². The van der Waals surface area contributed by atoms with E-state index in [1.54, 1.807) is 0 Å². The summed E-state index contributed by atoms with van der Waals surface area (Å²) in [5.74, 6) is 0.565. The van der Waals surface area contributed by atoms with Crippen LogP contribution in [0.1, 0.15) is 43.4 Å². The Balaban J connectivity index is 1.90. The first-order valence-electron chi connectivity index (χ1n) is 7.95. The molecule has 1 aliphatic rings. The van der Waals surface area contributed by atoms with E-state index in [0.717, 1.165) is 16.6 Å². The monoisotopic (exact) mass is 281 g/mol. The lowest BCUT2D eigenvalue weighted by molar-refractivity contribution is 0.295. The molecular weight excluding hydrogens is 258 g/mol. The Morgan fingerprint density at radius 3 is 2.76 bits per heavy atom. The van der Waals surface area contributed by atoms with Crippen molar-refractivity contribution in [3.63, 3.8) is 0 Å². The Labute approximate surface area is 126 Å². The van der Waals surface area contributed by atoms with E-state index in [0.29, 0.717) is 5.92 Å². The average Bonchev–Trinajstić information content (AvgIpc) is 2.53. The van der Waals surface area contributed by atoms with Crippen LogP contribution < -0.4 is 0 Å². The van der Waals surface area contributed by atoms with Gasteiger partial charge >= 0.3 is 0 Å². The van der Waals surface area contributed by atoms with Crippen molar-refractivity contribution in [3.8, 4) is 0 Å². The predicted molar refractivity (Wildman–Crippen MR) is 88.1 cm³/mol. The highest BCUT2D eigenvalue weighted by Gasteiger charge is 2.17. The van der Waals surface area contributed by atoms with Crippen LogP contribution in [-0.2, 0) is 0 Å². The normalized spacial score (nSPS) is 17.3. The van der Waals surface area contributed by atoms with Gasteiger partial charge in [-0.25, -0.2) is 0 Å². The fourth-order valence-corrected chi connectivity index (χ4v) is 3.32. The minimum absolute atomic E-state index is 0.175. The molecule has 1 N–H and O–H groups in total. The number of aryl methyl sites for hydroxylation is 1. The van der Waals surface area contributed by atoms with Gasteiger partial charge < -0.3 is 5.11 Å². The molecule has 0 amide bonds. The summed E-state index contributed by atoms with van der Waals surface area (Å²) in [6, 6.07) is 10.5. The van der Waals surface area contributed by atoms with Crippen LogP contribution in [-0.4, -0.2) is 16.7 Å². The van der Waals surface area contributed by atoms with E-state index in [1.807, 2.05) is 13.0 Å². The van der Waals surface area contributed by atoms with Crippen LogP contribution in [0.4, 0.5) is 0 Å². The van der Waals surface area contributed by atoms with E-state index in [-0.39, 0.29) is 6.61 Å². The van der Waals surface area contributed by atoms with Crippen LogP contribution in [0.3, 0.4) is 0 Å². The quantitative estimate of drug-likeness (QED) is 0.898. The molecule has 1 aromatic heterocycles. The molecule has 1 heterocycles. The third-order valence-electron chi connectivity index (χ3n) is 4.52. The molecule has 2 heteroatoms. The zero-order valence-electron chi connectivity index (χ0n) is 12.7. The van der Waals surface area contributed by atoms with Gasteiger partial charge in [-0.15, -0.1) is 0 Å². The van der Waals surface area contributed by atoms with Crippen molar-refractivity contribution in [1.82, 2.24) is 4.98 Å². The number of pyridine rings is 1. The number of aromatic nitrogens is 1. The molecule has 1 saturated carbocycles. The maximum Gasteiger partial charge on any atom is 0.0705 e. The number of aliphatic hydroxyl groups is 1. The van der Waals surface area contributed by atoms with Gasteiger partial charge in [0.1, 0.15) is 0 Å². The number of hydrogen-bond acceptors (Lipinski definition) is 2. The molecule has 2 aromatic rings. The molecule has 110 valence electrons. The van der Waals surface area contributed by atoms with Crippen molar-refractivity contribution in [2.45, 2.75) is 39.0 Å². The molecule has 0 radical (unpaired) electrons. The van der Waals surface area contributed by atoms with Gasteiger partial charge in [-0.2, -0.15) is 0 Å². The van der Waals surface area contributed by atoms with Gasteiger partial charge in [-0.05, 0) is 55.0 Å². The van der Waals surface area contributed by atoms with E-state index in [9.17, 15) is 5.11 Å². The van der Waals surface area contributed by atoms with E-state index < -0.39 is 0 Å². The summed E-state index contributed by atoms with van der Waals surface area (Å²) < 4.78 is 0. The zero-order chi connectivity index (χ0) is 14.7. The van der Waals surface area contributed by atoms with Crippen molar-refractivity contribution in [2.24, 2.45) is 5.92 Å². The largest absolute Gasteiger partial charge is 0.392 e. The van der Waals surface area contributed by atoms with Gasteiger partial charge in [0.25, 0.3) is 0 Å². The first kappa shape index (κ1) is 14.3. The molecular formula is C19H23NO. The predicted octanol–water partition coefficient (Wildman–Crippen LogP) is 4.50. The topological polar surface area (TPSA) is 33.1 Å². The lowest BCUT2D eigenvalue weighted by Crippen LogP contribution is -2.11. The highest BCUT2D eigenvalue weighted by molar-refractivity contribution is 5.81. The van der Waals surface area contributed by atoms with E-state index in [1.165, 1.54) is 43.2 Å². The number of rotatable bonds is 3. The Hall–Kier alpha value is -1.67. The van der Waals surface area contributed by atoms with Crippen LogP contribution in [0.25, 0.3) is 17.0 Å². The highest BCUT2D eigenvalue weighted by Crippen LogP contribution is 2.31. The van der Waals surface area contributed by atoms with Gasteiger partial charge in [0.2, 0.25) is 0 Å². The fourth-order valence-electron chi connectivity index (χ4n) is 3.32. The Kier molecular flexibility index (Phi) is 4.35. The molecule has 3 rings (SSSR count). The maximum absolute atomic E-state index is 9.71. The lowest BCUT2D eigenvalue weighted by Gasteiger charge is -2.23. The Morgan fingerprint density at radius 1 is 1.19 bits per heavy atom. The molecule has 0 atom stereocenters. The summed E-state index contributed by atoms with van der Waals surface area (Å²) in [5, 5.41) is 10.9. The smallest absolute Gasteiger partial charge is 0.0705 e. The highest BCUT2D eigenvalue weighted by atomic mass is 16.3. The number of aliphatic hydroxyl groups excluding tert-OH is 1. The first-order chi connectivity index (χ1) is 10.3. The minimum Gasteiger partial charge on any atom is -0.392 e. The number of nitrogens with zero attached hydrogens (tertiary/aromatic N) is 1. The van der Waals surface area contributed by atoms with E-state index in [4.69, 9.17) is 0 Å². The average molecular weight is 281 g/mol. The minimum atomic E-state index is 0.175. The van der Waals surface area contributed by atoms with Gasteiger partial charge in [-0.1, -0.05) is 37.5 Å². The van der Waals surface area contributed by atoms with Crippen LogP contribution in [0.5, 0.6) is 0 Å². The number of hydrogen-bond donors (Lipinski definition) is 1. The summed E-state index contributed by atoms with van der Waals surface area (Å²) in [6.07, 6.45) is 8.55. The van der Waals surface area contributed by atoms with Crippen molar-refractivity contribution < 1.29 is 5.11 Å². The van der Waals surface area contributed by atoms with Crippen molar-refractivity contribution in [2.75, 3.05) is 6.61 Å². The molecule has 1 aliphatic carbocycles. The first-order valence-corrected chi connectivity index (χ1v) is 7.95. The SMILES string of the molecule is Cc1ccc2cc(/C=C(/CO)C3CCCCC3)ccc2n1. The molecule has 0 unspecified atom stereocenters. The molecule has 1 aromatic carbocycles. The summed E-state index contributed by atoms with van der Waals surface area (Å²) in [7, 11) is 0. The van der Waals surface area contributed by atoms with Crippen LogP contribution >= 0.6 is 0 Å². The fraction of sp³-hybridized carbons (Fsp3) is 0.421. The third-order valence-corrected chi connectivity index (χ3v) is 4.52. The van der Waals surface area contributed by atoms with Crippen LogP contribution in [0.2, 0.25) is 0 Å². The Morgan fingerprint density at radius 2 is 2.00 bits per heavy atom. The second-order valence-corrected chi connectivity index (χ2v) is 6.12. The van der Waals surface area contributed by atoms with Gasteiger partial charge in [-0.3, -0.25) is 4.98 Å². The zero-order valence-corrected chi connectivity index (χ0v) is 12.7. The summed E-state index contributed by atoms with van der Waals surface area (Å²) in [6.45, 7) is 2.19. The second-order valence-electron chi connectivity index (χ2n) is 6.12.